The molecule has 4 aliphatic rings. The number of aliphatic hydroxyl groups excluding tert-OH is 1. The quantitative estimate of drug-likeness (QED) is 0.498. The normalized spacial score (nSPS) is 50.3. The molecule has 0 aromatic carbocycles. The third-order valence-corrected chi connectivity index (χ3v) is 7.79. The SMILES string of the molecule is C[C@]12CC[C@H](O)CC1=CCC1C2CC[C@]2(C)C(=O)CCC12.[Ac]. The van der Waals surface area contributed by atoms with Crippen LogP contribution in [0.5, 0.6) is 0 Å². The first-order valence-corrected chi connectivity index (χ1v) is 8.86. The third-order valence-electron chi connectivity index (χ3n) is 7.79. The van der Waals surface area contributed by atoms with E-state index in [0.29, 0.717) is 23.0 Å². The summed E-state index contributed by atoms with van der Waals surface area (Å²) < 4.78 is 0. The minimum atomic E-state index is -0.122. The second-order valence-electron chi connectivity index (χ2n) is 8.57. The molecular weight excluding hydrogens is 487 g/mol. The van der Waals surface area contributed by atoms with Crippen molar-refractivity contribution < 1.29 is 54.0 Å². The van der Waals surface area contributed by atoms with Crippen LogP contribution in [0.2, 0.25) is 0 Å². The van der Waals surface area contributed by atoms with Gasteiger partial charge in [-0.2, -0.15) is 0 Å². The van der Waals surface area contributed by atoms with Gasteiger partial charge in [-0.15, -0.1) is 0 Å². The predicted molar refractivity (Wildman–Crippen MR) is 82.7 cm³/mol. The summed E-state index contributed by atoms with van der Waals surface area (Å²) in [6.45, 7) is 4.69. The van der Waals surface area contributed by atoms with Crippen molar-refractivity contribution in [2.24, 2.45) is 28.6 Å². The molecule has 6 atom stereocenters. The average molecular weight is 515 g/mol. The molecule has 4 aliphatic carbocycles. The Hall–Kier alpha value is 0.812. The summed E-state index contributed by atoms with van der Waals surface area (Å²) >= 11 is 0. The third kappa shape index (κ3) is 2.36. The van der Waals surface area contributed by atoms with Crippen molar-refractivity contribution in [3.8, 4) is 0 Å². The maximum atomic E-state index is 12.4. The number of fused-ring (bicyclic) bond motifs is 5. The molecule has 0 heterocycles. The Balaban J connectivity index is 0.00000144. The van der Waals surface area contributed by atoms with Gasteiger partial charge in [0.15, 0.2) is 0 Å². The smallest absolute Gasteiger partial charge is 0.139 e. The molecule has 2 nitrogen and oxygen atoms in total. The molecule has 119 valence electrons. The average Bonchev–Trinajstić information content (AvgIpc) is 2.76. The van der Waals surface area contributed by atoms with Crippen molar-refractivity contribution in [3.63, 3.8) is 0 Å². The second kappa shape index (κ2) is 5.96. The first kappa shape index (κ1) is 17.6. The number of hydrogen-bond donors (Lipinski definition) is 1. The zero-order valence-electron chi connectivity index (χ0n) is 14.0. The number of carbonyl (C=O) groups excluding carboxylic acids is 1. The predicted octanol–water partition coefficient (Wildman–Crippen LogP) is 3.88. The van der Waals surface area contributed by atoms with Gasteiger partial charge >= 0.3 is 0 Å². The van der Waals surface area contributed by atoms with E-state index in [1.165, 1.54) is 12.0 Å². The fraction of sp³-hybridized carbons (Fsp3) is 0.842. The summed E-state index contributed by atoms with van der Waals surface area (Å²) in [7, 11) is 0. The maximum Gasteiger partial charge on any atom is 0.139 e. The van der Waals surface area contributed by atoms with E-state index < -0.39 is 0 Å². The van der Waals surface area contributed by atoms with Crippen LogP contribution in [0.25, 0.3) is 0 Å². The van der Waals surface area contributed by atoms with Crippen molar-refractivity contribution in [2.75, 3.05) is 0 Å². The van der Waals surface area contributed by atoms with Gasteiger partial charge in [0, 0.05) is 55.9 Å². The topological polar surface area (TPSA) is 37.3 Å². The monoisotopic (exact) mass is 515 g/mol. The van der Waals surface area contributed by atoms with Crippen LogP contribution >= 0.6 is 0 Å². The van der Waals surface area contributed by atoms with Crippen LogP contribution in [0.4, 0.5) is 0 Å². The minimum absolute atomic E-state index is 0. The van der Waals surface area contributed by atoms with E-state index in [-0.39, 0.29) is 55.6 Å². The van der Waals surface area contributed by atoms with Crippen molar-refractivity contribution in [2.45, 2.75) is 71.3 Å². The van der Waals surface area contributed by atoms with Crippen LogP contribution in [0.1, 0.15) is 65.2 Å². The molecule has 22 heavy (non-hydrogen) atoms. The molecule has 0 aromatic rings. The van der Waals surface area contributed by atoms with Gasteiger partial charge in [0.25, 0.3) is 0 Å². The van der Waals surface area contributed by atoms with Crippen LogP contribution in [0.3, 0.4) is 0 Å². The zero-order chi connectivity index (χ0) is 14.8. The van der Waals surface area contributed by atoms with Crippen molar-refractivity contribution in [3.05, 3.63) is 11.6 Å². The van der Waals surface area contributed by atoms with Gasteiger partial charge in [-0.3, -0.25) is 4.79 Å². The number of ketones is 1. The Morgan fingerprint density at radius 3 is 2.55 bits per heavy atom. The Labute approximate surface area is 170 Å². The summed E-state index contributed by atoms with van der Waals surface area (Å²) in [6, 6.07) is 0. The molecule has 0 saturated heterocycles. The van der Waals surface area contributed by atoms with E-state index in [9.17, 15) is 9.90 Å². The number of carbonyl (C=O) groups is 1. The molecule has 0 aromatic heterocycles. The van der Waals surface area contributed by atoms with E-state index in [1.807, 2.05) is 0 Å². The summed E-state index contributed by atoms with van der Waals surface area (Å²) in [5.41, 5.74) is 1.81. The molecule has 0 aliphatic heterocycles. The number of hydrogen-bond acceptors (Lipinski definition) is 2. The van der Waals surface area contributed by atoms with Gasteiger partial charge in [0.2, 0.25) is 0 Å². The molecule has 0 bridgehead atoms. The summed E-state index contributed by atoms with van der Waals surface area (Å²) in [5, 5.41) is 10.00. The van der Waals surface area contributed by atoms with Gasteiger partial charge in [0.05, 0.1) is 6.10 Å². The van der Waals surface area contributed by atoms with Gasteiger partial charge < -0.3 is 5.11 Å². The minimum Gasteiger partial charge on any atom is -0.393 e. The van der Waals surface area contributed by atoms with Crippen molar-refractivity contribution in [1.29, 1.82) is 0 Å². The molecule has 0 amide bonds. The van der Waals surface area contributed by atoms with Gasteiger partial charge in [-0.1, -0.05) is 25.5 Å². The van der Waals surface area contributed by atoms with Gasteiger partial charge in [0.1, 0.15) is 5.78 Å². The van der Waals surface area contributed by atoms with Crippen molar-refractivity contribution in [1.82, 2.24) is 0 Å². The Morgan fingerprint density at radius 1 is 1.09 bits per heavy atom. The molecule has 3 fully saturated rings. The van der Waals surface area contributed by atoms with Gasteiger partial charge in [-0.05, 0) is 68.1 Å². The summed E-state index contributed by atoms with van der Waals surface area (Å²) in [5.74, 6) is 2.60. The van der Waals surface area contributed by atoms with E-state index >= 15 is 0 Å². The standard InChI is InChI=1S/C19H28O2.Ac/c1-18-9-7-13(20)11-12(18)3-4-14-15-5-6-17(21)19(15,2)10-8-16(14)18;/h3,13-16,20H,4-11H2,1-2H3;/t13-,14?,15?,16?,18-,19-;/m0./s1. The molecule has 4 rings (SSSR count). The van der Waals surface area contributed by atoms with Gasteiger partial charge in [-0.25, -0.2) is 0 Å². The van der Waals surface area contributed by atoms with E-state index in [0.717, 1.165) is 50.9 Å². The molecule has 1 radical (unpaired) electrons. The Morgan fingerprint density at radius 2 is 1.77 bits per heavy atom. The van der Waals surface area contributed by atoms with Crippen LogP contribution in [0.15, 0.2) is 11.6 Å². The van der Waals surface area contributed by atoms with Crippen molar-refractivity contribution >= 4 is 5.78 Å². The van der Waals surface area contributed by atoms with E-state index in [1.54, 1.807) is 0 Å². The molecule has 3 heteroatoms. The molecule has 3 saturated carbocycles. The number of aliphatic hydroxyl groups is 1. The Kier molecular flexibility index (Phi) is 4.78. The summed E-state index contributed by atoms with van der Waals surface area (Å²) in [4.78, 5) is 12.4. The Bertz CT molecular complexity index is 514. The molecule has 3 unspecified atom stereocenters. The first-order valence-electron chi connectivity index (χ1n) is 8.86. The number of Topliss-reactive ketones (excluding diaryl/α,β-unsaturated/α-hetero) is 1. The maximum absolute atomic E-state index is 12.4. The van der Waals surface area contributed by atoms with Crippen LogP contribution in [-0.4, -0.2) is 17.0 Å². The molecule has 0 spiro atoms. The molecule has 1 N–H and O–H groups in total. The van der Waals surface area contributed by atoms with Crippen LogP contribution < -0.4 is 0 Å². The van der Waals surface area contributed by atoms with E-state index in [2.05, 4.69) is 19.9 Å². The van der Waals surface area contributed by atoms with E-state index in [4.69, 9.17) is 0 Å². The van der Waals surface area contributed by atoms with Crippen LogP contribution in [-0.2, 0) is 4.79 Å². The zero-order valence-corrected chi connectivity index (χ0v) is 18.7. The second-order valence-corrected chi connectivity index (χ2v) is 8.57. The fourth-order valence-corrected chi connectivity index (χ4v) is 6.41. The largest absolute Gasteiger partial charge is 0.393 e. The fourth-order valence-electron chi connectivity index (χ4n) is 6.41. The number of allylic oxidation sites excluding steroid dienone is 1. The number of rotatable bonds is 0. The molecular formula is C19H28AcO2. The summed E-state index contributed by atoms with van der Waals surface area (Å²) in [6.07, 6.45) is 10.7. The first-order chi connectivity index (χ1) is 9.95. The van der Waals surface area contributed by atoms with Crippen LogP contribution in [0, 0.1) is 72.6 Å².